The highest BCUT2D eigenvalue weighted by molar-refractivity contribution is 5.95. The van der Waals surface area contributed by atoms with E-state index in [9.17, 15) is 4.79 Å². The van der Waals surface area contributed by atoms with Crippen LogP contribution in [-0.2, 0) is 0 Å². The molecule has 132 valence electrons. The van der Waals surface area contributed by atoms with Crippen molar-refractivity contribution in [3.63, 3.8) is 0 Å². The Hall–Kier alpha value is -3.22. The van der Waals surface area contributed by atoms with Crippen molar-refractivity contribution in [3.8, 4) is 11.3 Å². The molecule has 0 saturated carbocycles. The zero-order valence-electron chi connectivity index (χ0n) is 14.8. The van der Waals surface area contributed by atoms with Crippen LogP contribution in [0.25, 0.3) is 11.3 Å². The standard InChI is InChI=1S/C19H20N6O/c1-12-7-13(2)25(23-12)16-10-24(11-16)19(26)15-5-3-14(4-6-15)17-8-21-9-18(20)22-17/h3-9,16H,10-11H2,1-2H3,(H2,20,22). The van der Waals surface area contributed by atoms with Crippen LogP contribution in [0.5, 0.6) is 0 Å². The van der Waals surface area contributed by atoms with Crippen molar-refractivity contribution in [2.24, 2.45) is 0 Å². The number of rotatable bonds is 3. The lowest BCUT2D eigenvalue weighted by atomic mass is 10.0. The monoisotopic (exact) mass is 348 g/mol. The molecule has 3 aromatic rings. The van der Waals surface area contributed by atoms with Crippen molar-refractivity contribution in [3.05, 3.63) is 59.7 Å². The molecule has 2 aromatic heterocycles. The van der Waals surface area contributed by atoms with Gasteiger partial charge in [-0.05, 0) is 32.0 Å². The van der Waals surface area contributed by atoms with E-state index in [4.69, 9.17) is 5.73 Å². The molecule has 1 aliphatic heterocycles. The fourth-order valence-electron chi connectivity index (χ4n) is 3.28. The second-order valence-corrected chi connectivity index (χ2v) is 6.64. The first-order valence-corrected chi connectivity index (χ1v) is 8.51. The van der Waals surface area contributed by atoms with Crippen LogP contribution >= 0.6 is 0 Å². The van der Waals surface area contributed by atoms with E-state index in [0.29, 0.717) is 30.2 Å². The van der Waals surface area contributed by atoms with Gasteiger partial charge in [0.15, 0.2) is 0 Å². The fourth-order valence-corrected chi connectivity index (χ4v) is 3.28. The van der Waals surface area contributed by atoms with E-state index < -0.39 is 0 Å². The topological polar surface area (TPSA) is 89.9 Å². The molecule has 26 heavy (non-hydrogen) atoms. The van der Waals surface area contributed by atoms with Crippen molar-refractivity contribution in [2.45, 2.75) is 19.9 Å². The Morgan fingerprint density at radius 3 is 2.50 bits per heavy atom. The van der Waals surface area contributed by atoms with Crippen molar-refractivity contribution in [1.82, 2.24) is 24.6 Å². The molecule has 4 rings (SSSR count). The van der Waals surface area contributed by atoms with Crippen LogP contribution in [0.4, 0.5) is 5.82 Å². The predicted molar refractivity (Wildman–Crippen MR) is 98.5 cm³/mol. The van der Waals surface area contributed by atoms with Crippen LogP contribution in [0.15, 0.2) is 42.7 Å². The number of benzene rings is 1. The maximum absolute atomic E-state index is 12.6. The Morgan fingerprint density at radius 2 is 1.88 bits per heavy atom. The van der Waals surface area contributed by atoms with E-state index in [2.05, 4.69) is 21.1 Å². The minimum absolute atomic E-state index is 0.0352. The molecule has 7 heteroatoms. The van der Waals surface area contributed by atoms with E-state index in [1.807, 2.05) is 47.7 Å². The van der Waals surface area contributed by atoms with Crippen LogP contribution in [0.2, 0.25) is 0 Å². The largest absolute Gasteiger partial charge is 0.382 e. The number of anilines is 1. The van der Waals surface area contributed by atoms with Gasteiger partial charge >= 0.3 is 0 Å². The highest BCUT2D eigenvalue weighted by Crippen LogP contribution is 2.25. The van der Waals surface area contributed by atoms with Gasteiger partial charge < -0.3 is 10.6 Å². The number of carbonyl (C=O) groups excluding carboxylic acids is 1. The number of amides is 1. The summed E-state index contributed by atoms with van der Waals surface area (Å²) >= 11 is 0. The number of hydrogen-bond donors (Lipinski definition) is 1. The van der Waals surface area contributed by atoms with Gasteiger partial charge in [-0.1, -0.05) is 12.1 Å². The second kappa shape index (κ2) is 6.25. The SMILES string of the molecule is Cc1cc(C)n(C2CN(C(=O)c3ccc(-c4cncc(N)n4)cc3)C2)n1. The van der Waals surface area contributed by atoms with Crippen LogP contribution < -0.4 is 5.73 Å². The third kappa shape index (κ3) is 2.92. The first-order valence-electron chi connectivity index (χ1n) is 8.51. The summed E-state index contributed by atoms with van der Waals surface area (Å²) < 4.78 is 2.01. The summed E-state index contributed by atoms with van der Waals surface area (Å²) in [6.07, 6.45) is 3.16. The average Bonchev–Trinajstić information content (AvgIpc) is 2.92. The van der Waals surface area contributed by atoms with Gasteiger partial charge in [-0.25, -0.2) is 4.98 Å². The first-order chi connectivity index (χ1) is 12.5. The van der Waals surface area contributed by atoms with Gasteiger partial charge in [-0.15, -0.1) is 0 Å². The number of nitrogens with two attached hydrogens (primary N) is 1. The zero-order valence-corrected chi connectivity index (χ0v) is 14.8. The van der Waals surface area contributed by atoms with Crippen LogP contribution in [0, 0.1) is 13.8 Å². The molecule has 0 unspecified atom stereocenters. The van der Waals surface area contributed by atoms with Crippen molar-refractivity contribution in [1.29, 1.82) is 0 Å². The van der Waals surface area contributed by atoms with Gasteiger partial charge in [0, 0.05) is 29.9 Å². The maximum atomic E-state index is 12.6. The number of nitrogen functional groups attached to an aromatic ring is 1. The average molecular weight is 348 g/mol. The third-order valence-electron chi connectivity index (χ3n) is 4.62. The van der Waals surface area contributed by atoms with E-state index >= 15 is 0 Å². The lowest BCUT2D eigenvalue weighted by Crippen LogP contribution is -2.51. The highest BCUT2D eigenvalue weighted by atomic mass is 16.2. The molecule has 1 fully saturated rings. The molecule has 0 atom stereocenters. The molecule has 1 aromatic carbocycles. The summed E-state index contributed by atoms with van der Waals surface area (Å²) in [5.74, 6) is 0.409. The predicted octanol–water partition coefficient (Wildman–Crippen LogP) is 2.24. The molecule has 1 aliphatic rings. The minimum Gasteiger partial charge on any atom is -0.382 e. The molecule has 7 nitrogen and oxygen atoms in total. The Labute approximate surface area is 151 Å². The summed E-state index contributed by atoms with van der Waals surface area (Å²) in [5, 5.41) is 4.51. The number of likely N-dealkylation sites (tertiary alicyclic amines) is 1. The van der Waals surface area contributed by atoms with E-state index in [-0.39, 0.29) is 11.9 Å². The maximum Gasteiger partial charge on any atom is 0.253 e. The molecular weight excluding hydrogens is 328 g/mol. The summed E-state index contributed by atoms with van der Waals surface area (Å²) in [6, 6.07) is 9.69. The molecule has 0 radical (unpaired) electrons. The summed E-state index contributed by atoms with van der Waals surface area (Å²) in [4.78, 5) is 22.8. The summed E-state index contributed by atoms with van der Waals surface area (Å²) in [5.41, 5.74) is 10.0. The van der Waals surface area contributed by atoms with Gasteiger partial charge in [0.25, 0.3) is 5.91 Å². The normalized spacial score (nSPS) is 14.3. The minimum atomic E-state index is 0.0352. The van der Waals surface area contributed by atoms with Crippen molar-refractivity contribution < 1.29 is 4.79 Å². The Kier molecular flexibility index (Phi) is 3.91. The summed E-state index contributed by atoms with van der Waals surface area (Å²) in [6.45, 7) is 5.40. The van der Waals surface area contributed by atoms with E-state index in [1.54, 1.807) is 6.20 Å². The van der Waals surface area contributed by atoms with Gasteiger partial charge in [0.1, 0.15) is 5.82 Å². The Balaban J connectivity index is 1.44. The molecular formula is C19H20N6O. The lowest BCUT2D eigenvalue weighted by molar-refractivity contribution is 0.0497. The van der Waals surface area contributed by atoms with Crippen molar-refractivity contribution in [2.75, 3.05) is 18.8 Å². The fraction of sp³-hybridized carbons (Fsp3) is 0.263. The van der Waals surface area contributed by atoms with Gasteiger partial charge in [0.05, 0.1) is 29.8 Å². The first kappa shape index (κ1) is 16.3. The molecule has 1 amide bonds. The van der Waals surface area contributed by atoms with E-state index in [0.717, 1.165) is 17.0 Å². The number of hydrogen-bond acceptors (Lipinski definition) is 5. The number of nitrogens with zero attached hydrogens (tertiary/aromatic N) is 5. The van der Waals surface area contributed by atoms with Crippen LogP contribution in [0.3, 0.4) is 0 Å². The molecule has 3 heterocycles. The number of aromatic nitrogens is 4. The second-order valence-electron chi connectivity index (χ2n) is 6.64. The molecule has 0 spiro atoms. The smallest absolute Gasteiger partial charge is 0.253 e. The quantitative estimate of drug-likeness (QED) is 0.784. The van der Waals surface area contributed by atoms with Gasteiger partial charge in [-0.2, -0.15) is 5.10 Å². The van der Waals surface area contributed by atoms with Gasteiger partial charge in [-0.3, -0.25) is 14.5 Å². The van der Waals surface area contributed by atoms with Gasteiger partial charge in [0.2, 0.25) is 0 Å². The number of carbonyl (C=O) groups is 1. The highest BCUT2D eigenvalue weighted by Gasteiger charge is 2.33. The van der Waals surface area contributed by atoms with Crippen molar-refractivity contribution >= 4 is 11.7 Å². The number of aryl methyl sites for hydroxylation is 2. The van der Waals surface area contributed by atoms with Crippen LogP contribution in [-0.4, -0.2) is 43.6 Å². The Bertz CT molecular complexity index is 956. The molecule has 0 aliphatic carbocycles. The molecule has 1 saturated heterocycles. The van der Waals surface area contributed by atoms with E-state index in [1.165, 1.54) is 6.20 Å². The lowest BCUT2D eigenvalue weighted by Gasteiger charge is -2.39. The Morgan fingerprint density at radius 1 is 1.15 bits per heavy atom. The zero-order chi connectivity index (χ0) is 18.3. The summed E-state index contributed by atoms with van der Waals surface area (Å²) in [7, 11) is 0. The third-order valence-corrected chi connectivity index (χ3v) is 4.62. The molecule has 2 N–H and O–H groups in total. The van der Waals surface area contributed by atoms with Crippen LogP contribution in [0.1, 0.15) is 27.8 Å². The molecule has 0 bridgehead atoms.